The molecule has 0 radical (unpaired) electrons. The predicted molar refractivity (Wildman–Crippen MR) is 100 cm³/mol. The van der Waals surface area contributed by atoms with Crippen LogP contribution in [-0.2, 0) is 10.0 Å². The number of rotatable bonds is 6. The van der Waals surface area contributed by atoms with Crippen molar-refractivity contribution < 1.29 is 13.2 Å². The van der Waals surface area contributed by atoms with E-state index in [0.29, 0.717) is 23.7 Å². The average molecular weight is 360 g/mol. The van der Waals surface area contributed by atoms with Gasteiger partial charge in [-0.1, -0.05) is 32.0 Å². The summed E-state index contributed by atoms with van der Waals surface area (Å²) < 4.78 is 26.7. The normalized spacial score (nSPS) is 11.4. The third-order valence-corrected chi connectivity index (χ3v) is 5.66. The van der Waals surface area contributed by atoms with Gasteiger partial charge in [-0.15, -0.1) is 0 Å². The first-order valence-corrected chi connectivity index (χ1v) is 9.60. The molecule has 2 aromatic rings. The van der Waals surface area contributed by atoms with Crippen molar-refractivity contribution in [3.05, 3.63) is 59.7 Å². The highest BCUT2D eigenvalue weighted by atomic mass is 32.2. The van der Waals surface area contributed by atoms with Crippen molar-refractivity contribution in [3.63, 3.8) is 0 Å². The number of aryl methyl sites for hydroxylation is 1. The molecule has 1 N–H and O–H groups in total. The summed E-state index contributed by atoms with van der Waals surface area (Å²) in [7, 11) is -2.12. The smallest absolute Gasteiger partial charge is 0.264 e. The van der Waals surface area contributed by atoms with E-state index in [1.165, 1.54) is 11.4 Å². The number of sulfonamides is 1. The molecule has 0 aliphatic heterocycles. The van der Waals surface area contributed by atoms with Gasteiger partial charge in [0.15, 0.2) is 0 Å². The van der Waals surface area contributed by atoms with Crippen LogP contribution >= 0.6 is 0 Å². The number of amides is 1. The average Bonchev–Trinajstić information content (AvgIpc) is 2.59. The monoisotopic (exact) mass is 360 g/mol. The summed E-state index contributed by atoms with van der Waals surface area (Å²) in [6, 6.07) is 13.3. The van der Waals surface area contributed by atoms with Gasteiger partial charge < -0.3 is 5.32 Å². The van der Waals surface area contributed by atoms with Gasteiger partial charge in [-0.05, 0) is 48.7 Å². The molecule has 2 rings (SSSR count). The van der Waals surface area contributed by atoms with Gasteiger partial charge in [0, 0.05) is 19.2 Å². The largest absolute Gasteiger partial charge is 0.352 e. The Morgan fingerprint density at radius 3 is 2.32 bits per heavy atom. The van der Waals surface area contributed by atoms with Crippen LogP contribution < -0.4 is 9.62 Å². The van der Waals surface area contributed by atoms with Crippen LogP contribution in [0, 0.1) is 12.8 Å². The standard InChI is InChI=1S/C19H24N2O3S/c1-14(2)13-20-19(22)16-10-11-18(15(3)12-16)21(4)25(23,24)17-8-6-5-7-9-17/h5-12,14H,13H2,1-4H3,(H,20,22). The minimum atomic E-state index is -3.64. The SMILES string of the molecule is Cc1cc(C(=O)NCC(C)C)ccc1N(C)S(=O)(=O)c1ccccc1. The van der Waals surface area contributed by atoms with Crippen LogP contribution in [0.5, 0.6) is 0 Å². The molecule has 0 spiro atoms. The summed E-state index contributed by atoms with van der Waals surface area (Å²) in [5, 5.41) is 2.86. The van der Waals surface area contributed by atoms with Crippen LogP contribution in [0.2, 0.25) is 0 Å². The van der Waals surface area contributed by atoms with E-state index >= 15 is 0 Å². The second-order valence-corrected chi connectivity index (χ2v) is 8.36. The fraction of sp³-hybridized carbons (Fsp3) is 0.316. The Kier molecular flexibility index (Phi) is 5.85. The van der Waals surface area contributed by atoms with Crippen molar-refractivity contribution in [2.24, 2.45) is 5.92 Å². The molecule has 6 heteroatoms. The Morgan fingerprint density at radius 1 is 1.12 bits per heavy atom. The minimum Gasteiger partial charge on any atom is -0.352 e. The molecule has 0 saturated heterocycles. The Labute approximate surface area is 149 Å². The van der Waals surface area contributed by atoms with Crippen LogP contribution in [0.3, 0.4) is 0 Å². The lowest BCUT2D eigenvalue weighted by Gasteiger charge is -2.22. The Bertz CT molecular complexity index is 846. The Hall–Kier alpha value is -2.34. The van der Waals surface area contributed by atoms with Crippen LogP contribution in [0.1, 0.15) is 29.8 Å². The molecular formula is C19H24N2O3S. The van der Waals surface area contributed by atoms with Gasteiger partial charge in [0.25, 0.3) is 15.9 Å². The van der Waals surface area contributed by atoms with Gasteiger partial charge in [0.05, 0.1) is 10.6 Å². The molecule has 0 fully saturated rings. The fourth-order valence-corrected chi connectivity index (χ4v) is 3.71. The first-order chi connectivity index (χ1) is 11.7. The van der Waals surface area contributed by atoms with Crippen molar-refractivity contribution >= 4 is 21.6 Å². The molecular weight excluding hydrogens is 336 g/mol. The molecule has 1 amide bonds. The highest BCUT2D eigenvalue weighted by Gasteiger charge is 2.22. The van der Waals surface area contributed by atoms with Crippen molar-refractivity contribution in [2.75, 3.05) is 17.9 Å². The number of hydrogen-bond donors (Lipinski definition) is 1. The zero-order valence-corrected chi connectivity index (χ0v) is 15.8. The van der Waals surface area contributed by atoms with Crippen molar-refractivity contribution in [1.82, 2.24) is 5.32 Å². The molecule has 0 saturated carbocycles. The zero-order chi connectivity index (χ0) is 18.6. The first kappa shape index (κ1) is 19.0. The van der Waals surface area contributed by atoms with Crippen LogP contribution in [-0.4, -0.2) is 27.9 Å². The van der Waals surface area contributed by atoms with E-state index < -0.39 is 10.0 Å². The van der Waals surface area contributed by atoms with Gasteiger partial charge in [-0.3, -0.25) is 9.10 Å². The second kappa shape index (κ2) is 7.70. The van der Waals surface area contributed by atoms with E-state index in [0.717, 1.165) is 5.56 Å². The summed E-state index contributed by atoms with van der Waals surface area (Å²) in [6.07, 6.45) is 0. The van der Waals surface area contributed by atoms with E-state index in [4.69, 9.17) is 0 Å². The van der Waals surface area contributed by atoms with Gasteiger partial charge in [-0.25, -0.2) is 8.42 Å². The van der Waals surface area contributed by atoms with Crippen molar-refractivity contribution in [3.8, 4) is 0 Å². The predicted octanol–water partition coefficient (Wildman–Crippen LogP) is 3.21. The highest BCUT2D eigenvalue weighted by Crippen LogP contribution is 2.26. The Morgan fingerprint density at radius 2 is 1.76 bits per heavy atom. The first-order valence-electron chi connectivity index (χ1n) is 8.16. The third-order valence-electron chi connectivity index (χ3n) is 3.87. The molecule has 0 unspecified atom stereocenters. The maximum Gasteiger partial charge on any atom is 0.264 e. The van der Waals surface area contributed by atoms with E-state index in [1.807, 2.05) is 13.8 Å². The number of nitrogens with one attached hydrogen (secondary N) is 1. The number of carbonyl (C=O) groups is 1. The maximum atomic E-state index is 12.7. The molecule has 0 bridgehead atoms. The van der Waals surface area contributed by atoms with Gasteiger partial charge in [0.1, 0.15) is 0 Å². The summed E-state index contributed by atoms with van der Waals surface area (Å²) >= 11 is 0. The lowest BCUT2D eigenvalue weighted by Crippen LogP contribution is -2.29. The van der Waals surface area contributed by atoms with Crippen LogP contribution in [0.25, 0.3) is 0 Å². The highest BCUT2D eigenvalue weighted by molar-refractivity contribution is 7.92. The number of benzene rings is 2. The van der Waals surface area contributed by atoms with Gasteiger partial charge >= 0.3 is 0 Å². The van der Waals surface area contributed by atoms with Crippen LogP contribution in [0.15, 0.2) is 53.4 Å². The lowest BCUT2D eigenvalue weighted by molar-refractivity contribution is 0.0949. The summed E-state index contributed by atoms with van der Waals surface area (Å²) in [4.78, 5) is 12.4. The molecule has 0 aliphatic carbocycles. The molecule has 0 heterocycles. The number of nitrogens with zero attached hydrogens (tertiary/aromatic N) is 1. The maximum absolute atomic E-state index is 12.7. The molecule has 0 atom stereocenters. The molecule has 2 aromatic carbocycles. The summed E-state index contributed by atoms with van der Waals surface area (Å²) in [5.74, 6) is 0.211. The molecule has 0 aromatic heterocycles. The van der Waals surface area contributed by atoms with E-state index in [2.05, 4.69) is 5.32 Å². The molecule has 0 aliphatic rings. The molecule has 25 heavy (non-hydrogen) atoms. The zero-order valence-electron chi connectivity index (χ0n) is 15.0. The van der Waals surface area contributed by atoms with Crippen molar-refractivity contribution in [2.45, 2.75) is 25.7 Å². The number of hydrogen-bond acceptors (Lipinski definition) is 3. The summed E-state index contributed by atoms with van der Waals surface area (Å²) in [5.41, 5.74) is 1.79. The molecule has 134 valence electrons. The van der Waals surface area contributed by atoms with E-state index in [9.17, 15) is 13.2 Å². The van der Waals surface area contributed by atoms with Gasteiger partial charge in [-0.2, -0.15) is 0 Å². The Balaban J connectivity index is 2.27. The second-order valence-electron chi connectivity index (χ2n) is 6.39. The third kappa shape index (κ3) is 4.39. The van der Waals surface area contributed by atoms with Gasteiger partial charge in [0.2, 0.25) is 0 Å². The topological polar surface area (TPSA) is 66.5 Å². The van der Waals surface area contributed by atoms with E-state index in [-0.39, 0.29) is 10.8 Å². The summed E-state index contributed by atoms with van der Waals surface area (Å²) in [6.45, 7) is 6.45. The lowest BCUT2D eigenvalue weighted by atomic mass is 10.1. The van der Waals surface area contributed by atoms with Crippen molar-refractivity contribution in [1.29, 1.82) is 0 Å². The number of carbonyl (C=O) groups excluding carboxylic acids is 1. The fourth-order valence-electron chi connectivity index (χ4n) is 2.43. The quantitative estimate of drug-likeness (QED) is 0.860. The number of anilines is 1. The van der Waals surface area contributed by atoms with Crippen LogP contribution in [0.4, 0.5) is 5.69 Å². The van der Waals surface area contributed by atoms with E-state index in [1.54, 1.807) is 55.5 Å². The minimum absolute atomic E-state index is 0.156. The molecule has 5 nitrogen and oxygen atoms in total.